The third-order valence-corrected chi connectivity index (χ3v) is 2.83. The molecule has 1 aromatic heterocycles. The van der Waals surface area contributed by atoms with Crippen molar-refractivity contribution in [3.05, 3.63) is 60.2 Å². The van der Waals surface area contributed by atoms with Gasteiger partial charge in [-0.2, -0.15) is 5.26 Å². The predicted molar refractivity (Wildman–Crippen MR) is 69.7 cm³/mol. The van der Waals surface area contributed by atoms with E-state index in [1.807, 2.05) is 54.6 Å². The molecule has 3 rings (SSSR count). The Labute approximate surface area is 104 Å². The molecule has 3 aromatic rings. The van der Waals surface area contributed by atoms with Crippen LogP contribution in [-0.2, 0) is 0 Å². The SMILES string of the molecule is N#Cc1c(-c2ccccc2)nnc2ccccc12. The van der Waals surface area contributed by atoms with Crippen molar-refractivity contribution in [3.8, 4) is 17.3 Å². The molecular weight excluding hydrogens is 222 g/mol. The van der Waals surface area contributed by atoms with Gasteiger partial charge in [-0.05, 0) is 6.07 Å². The van der Waals surface area contributed by atoms with Crippen molar-refractivity contribution in [2.45, 2.75) is 0 Å². The summed E-state index contributed by atoms with van der Waals surface area (Å²) in [4.78, 5) is 0. The van der Waals surface area contributed by atoms with Crippen LogP contribution in [0, 0.1) is 11.3 Å². The average molecular weight is 231 g/mol. The summed E-state index contributed by atoms with van der Waals surface area (Å²) >= 11 is 0. The average Bonchev–Trinajstić information content (AvgIpc) is 2.47. The van der Waals surface area contributed by atoms with Gasteiger partial charge in [-0.15, -0.1) is 10.2 Å². The molecule has 2 aromatic carbocycles. The maximum atomic E-state index is 9.36. The van der Waals surface area contributed by atoms with Crippen LogP contribution in [0.15, 0.2) is 54.6 Å². The van der Waals surface area contributed by atoms with E-state index in [1.54, 1.807) is 0 Å². The molecule has 0 aliphatic carbocycles. The molecule has 0 amide bonds. The van der Waals surface area contributed by atoms with Gasteiger partial charge < -0.3 is 0 Å². The highest BCUT2D eigenvalue weighted by Crippen LogP contribution is 2.25. The second kappa shape index (κ2) is 4.27. The number of hydrogen-bond donors (Lipinski definition) is 0. The molecular formula is C15H9N3. The summed E-state index contributed by atoms with van der Waals surface area (Å²) in [5.74, 6) is 0. The van der Waals surface area contributed by atoms with Crippen LogP contribution in [0.3, 0.4) is 0 Å². The van der Waals surface area contributed by atoms with Crippen LogP contribution in [0.25, 0.3) is 22.2 Å². The Balaban J connectivity index is 2.35. The Bertz CT molecular complexity index is 743. The van der Waals surface area contributed by atoms with Crippen molar-refractivity contribution in [1.29, 1.82) is 5.26 Å². The molecule has 0 saturated carbocycles. The molecule has 1 heterocycles. The van der Waals surface area contributed by atoms with Crippen molar-refractivity contribution < 1.29 is 0 Å². The van der Waals surface area contributed by atoms with Gasteiger partial charge in [0.25, 0.3) is 0 Å². The molecule has 3 nitrogen and oxygen atoms in total. The largest absolute Gasteiger partial charge is 0.192 e. The zero-order valence-corrected chi connectivity index (χ0v) is 9.54. The molecule has 0 aliphatic heterocycles. The molecule has 0 spiro atoms. The van der Waals surface area contributed by atoms with Gasteiger partial charge in [-0.3, -0.25) is 0 Å². The lowest BCUT2D eigenvalue weighted by atomic mass is 10.0. The van der Waals surface area contributed by atoms with Crippen molar-refractivity contribution in [2.24, 2.45) is 0 Å². The predicted octanol–water partition coefficient (Wildman–Crippen LogP) is 3.17. The van der Waals surface area contributed by atoms with Crippen LogP contribution >= 0.6 is 0 Å². The van der Waals surface area contributed by atoms with E-state index in [-0.39, 0.29) is 0 Å². The molecule has 0 saturated heterocycles. The molecule has 84 valence electrons. The third kappa shape index (κ3) is 1.61. The zero-order chi connectivity index (χ0) is 12.4. The van der Waals surface area contributed by atoms with Crippen molar-refractivity contribution in [1.82, 2.24) is 10.2 Å². The number of nitriles is 1. The van der Waals surface area contributed by atoms with Gasteiger partial charge in [0.2, 0.25) is 0 Å². The van der Waals surface area contributed by atoms with Crippen LogP contribution in [0.1, 0.15) is 5.56 Å². The third-order valence-electron chi connectivity index (χ3n) is 2.83. The second-order valence-corrected chi connectivity index (χ2v) is 3.92. The molecule has 18 heavy (non-hydrogen) atoms. The summed E-state index contributed by atoms with van der Waals surface area (Å²) in [5, 5.41) is 18.5. The van der Waals surface area contributed by atoms with Gasteiger partial charge in [-0.25, -0.2) is 0 Å². The fourth-order valence-electron chi connectivity index (χ4n) is 1.96. The highest BCUT2D eigenvalue weighted by atomic mass is 15.1. The fourth-order valence-corrected chi connectivity index (χ4v) is 1.96. The van der Waals surface area contributed by atoms with E-state index in [0.29, 0.717) is 11.3 Å². The molecule has 0 atom stereocenters. The molecule has 0 N–H and O–H groups in total. The number of fused-ring (bicyclic) bond motifs is 1. The maximum Gasteiger partial charge on any atom is 0.111 e. The normalized spacial score (nSPS) is 10.2. The standard InChI is InChI=1S/C15H9N3/c16-10-13-12-8-4-5-9-14(12)17-18-15(13)11-6-2-1-3-7-11/h1-9H. The first kappa shape index (κ1) is 10.4. The van der Waals surface area contributed by atoms with Crippen molar-refractivity contribution in [3.63, 3.8) is 0 Å². The van der Waals surface area contributed by atoms with Crippen LogP contribution in [0.5, 0.6) is 0 Å². The van der Waals surface area contributed by atoms with Crippen LogP contribution in [0.2, 0.25) is 0 Å². The molecule has 0 radical (unpaired) electrons. The Morgan fingerprint density at radius 2 is 1.56 bits per heavy atom. The summed E-state index contributed by atoms with van der Waals surface area (Å²) in [6.45, 7) is 0. The Morgan fingerprint density at radius 3 is 2.33 bits per heavy atom. The van der Waals surface area contributed by atoms with E-state index in [0.717, 1.165) is 16.5 Å². The minimum atomic E-state index is 0.576. The smallest absolute Gasteiger partial charge is 0.111 e. The number of benzene rings is 2. The minimum Gasteiger partial charge on any atom is -0.192 e. The van der Waals surface area contributed by atoms with Crippen LogP contribution < -0.4 is 0 Å². The Hall–Kier alpha value is -2.73. The number of nitrogens with zero attached hydrogens (tertiary/aromatic N) is 3. The van der Waals surface area contributed by atoms with E-state index >= 15 is 0 Å². The summed E-state index contributed by atoms with van der Waals surface area (Å²) in [6, 6.07) is 19.4. The molecule has 0 unspecified atom stereocenters. The fraction of sp³-hybridized carbons (Fsp3) is 0. The van der Waals surface area contributed by atoms with Gasteiger partial charge in [0, 0.05) is 10.9 Å². The Morgan fingerprint density at radius 1 is 0.833 bits per heavy atom. The quantitative estimate of drug-likeness (QED) is 0.646. The number of rotatable bonds is 1. The van der Waals surface area contributed by atoms with E-state index in [9.17, 15) is 5.26 Å². The van der Waals surface area contributed by atoms with Crippen molar-refractivity contribution >= 4 is 10.9 Å². The van der Waals surface area contributed by atoms with E-state index in [1.165, 1.54) is 0 Å². The monoisotopic (exact) mass is 231 g/mol. The highest BCUT2D eigenvalue weighted by Gasteiger charge is 2.11. The van der Waals surface area contributed by atoms with E-state index < -0.39 is 0 Å². The topological polar surface area (TPSA) is 49.6 Å². The molecule has 0 aliphatic rings. The Kier molecular flexibility index (Phi) is 2.47. The summed E-state index contributed by atoms with van der Waals surface area (Å²) < 4.78 is 0. The maximum absolute atomic E-state index is 9.36. The van der Waals surface area contributed by atoms with E-state index in [4.69, 9.17) is 0 Å². The lowest BCUT2D eigenvalue weighted by molar-refractivity contribution is 1.08. The second-order valence-electron chi connectivity index (χ2n) is 3.92. The van der Waals surface area contributed by atoms with Gasteiger partial charge >= 0.3 is 0 Å². The van der Waals surface area contributed by atoms with Gasteiger partial charge in [-0.1, -0.05) is 48.5 Å². The van der Waals surface area contributed by atoms with Gasteiger partial charge in [0.15, 0.2) is 0 Å². The minimum absolute atomic E-state index is 0.576. The first-order valence-corrected chi connectivity index (χ1v) is 5.61. The first-order valence-electron chi connectivity index (χ1n) is 5.61. The number of hydrogen-bond acceptors (Lipinski definition) is 3. The lowest BCUT2D eigenvalue weighted by Crippen LogP contribution is -1.94. The summed E-state index contributed by atoms with van der Waals surface area (Å²) in [7, 11) is 0. The number of aromatic nitrogens is 2. The highest BCUT2D eigenvalue weighted by molar-refractivity contribution is 5.89. The molecule has 3 heteroatoms. The first-order chi connectivity index (χ1) is 8.90. The summed E-state index contributed by atoms with van der Waals surface area (Å²) in [5.41, 5.74) is 2.87. The lowest BCUT2D eigenvalue weighted by Gasteiger charge is -2.05. The summed E-state index contributed by atoms with van der Waals surface area (Å²) in [6.07, 6.45) is 0. The van der Waals surface area contributed by atoms with Gasteiger partial charge in [0.1, 0.15) is 11.8 Å². The van der Waals surface area contributed by atoms with Gasteiger partial charge in [0.05, 0.1) is 11.1 Å². The van der Waals surface area contributed by atoms with Crippen LogP contribution in [0.4, 0.5) is 0 Å². The zero-order valence-electron chi connectivity index (χ0n) is 9.54. The molecule has 0 bridgehead atoms. The molecule has 0 fully saturated rings. The van der Waals surface area contributed by atoms with Crippen molar-refractivity contribution in [2.75, 3.05) is 0 Å². The van der Waals surface area contributed by atoms with E-state index in [2.05, 4.69) is 16.3 Å². The van der Waals surface area contributed by atoms with Crippen LogP contribution in [-0.4, -0.2) is 10.2 Å².